The molecule has 0 saturated carbocycles. The van der Waals surface area contributed by atoms with Crippen molar-refractivity contribution in [1.82, 2.24) is 0 Å². The fourth-order valence-electron chi connectivity index (χ4n) is 0.930. The van der Waals surface area contributed by atoms with Crippen molar-refractivity contribution in [2.24, 2.45) is 17.6 Å². The van der Waals surface area contributed by atoms with Gasteiger partial charge in [-0.3, -0.25) is 0 Å². The third-order valence-electron chi connectivity index (χ3n) is 2.26. The lowest BCUT2D eigenvalue weighted by Crippen LogP contribution is -2.18. The highest BCUT2D eigenvalue weighted by Gasteiger charge is 2.08. The van der Waals surface area contributed by atoms with Crippen molar-refractivity contribution in [3.63, 3.8) is 0 Å². The van der Waals surface area contributed by atoms with E-state index in [-0.39, 0.29) is 0 Å². The SMILES string of the molecule is CCSCCC(C)C(C)CN. The van der Waals surface area contributed by atoms with E-state index in [1.807, 2.05) is 11.8 Å². The number of hydrogen-bond donors (Lipinski definition) is 1. The molecule has 0 fully saturated rings. The van der Waals surface area contributed by atoms with Crippen LogP contribution in [0.1, 0.15) is 27.2 Å². The first-order chi connectivity index (χ1) is 5.22. The molecule has 0 aromatic carbocycles. The Morgan fingerprint density at radius 1 is 1.27 bits per heavy atom. The lowest BCUT2D eigenvalue weighted by atomic mass is 9.94. The maximum Gasteiger partial charge on any atom is -0.00490 e. The second kappa shape index (κ2) is 6.99. The van der Waals surface area contributed by atoms with Gasteiger partial charge in [-0.15, -0.1) is 0 Å². The first-order valence-electron chi connectivity index (χ1n) is 4.50. The molecule has 0 aromatic heterocycles. The van der Waals surface area contributed by atoms with Crippen LogP contribution in [0.4, 0.5) is 0 Å². The minimum Gasteiger partial charge on any atom is -0.330 e. The first-order valence-corrected chi connectivity index (χ1v) is 5.65. The summed E-state index contributed by atoms with van der Waals surface area (Å²) in [6.45, 7) is 7.58. The zero-order chi connectivity index (χ0) is 8.69. The minimum atomic E-state index is 0.687. The monoisotopic (exact) mass is 175 g/mol. The number of nitrogens with two attached hydrogens (primary N) is 1. The summed E-state index contributed by atoms with van der Waals surface area (Å²) in [7, 11) is 0. The quantitative estimate of drug-likeness (QED) is 0.627. The molecule has 11 heavy (non-hydrogen) atoms. The van der Waals surface area contributed by atoms with Crippen LogP contribution in [0.2, 0.25) is 0 Å². The highest BCUT2D eigenvalue weighted by Crippen LogP contribution is 2.16. The summed E-state index contributed by atoms with van der Waals surface area (Å²) in [4.78, 5) is 0. The maximum absolute atomic E-state index is 5.57. The van der Waals surface area contributed by atoms with E-state index in [1.165, 1.54) is 17.9 Å². The van der Waals surface area contributed by atoms with Gasteiger partial charge in [-0.2, -0.15) is 11.8 Å². The van der Waals surface area contributed by atoms with Gasteiger partial charge in [-0.05, 0) is 36.3 Å². The summed E-state index contributed by atoms with van der Waals surface area (Å²) < 4.78 is 0. The van der Waals surface area contributed by atoms with Crippen molar-refractivity contribution in [1.29, 1.82) is 0 Å². The van der Waals surface area contributed by atoms with Crippen molar-refractivity contribution in [3.05, 3.63) is 0 Å². The highest BCUT2D eigenvalue weighted by molar-refractivity contribution is 7.99. The molecule has 0 aromatic rings. The van der Waals surface area contributed by atoms with Crippen LogP contribution < -0.4 is 5.73 Å². The molecular weight excluding hydrogens is 154 g/mol. The molecule has 0 radical (unpaired) electrons. The molecule has 2 unspecified atom stereocenters. The molecule has 0 spiro atoms. The second-order valence-corrected chi connectivity index (χ2v) is 4.57. The molecular formula is C9H21NS. The highest BCUT2D eigenvalue weighted by atomic mass is 32.2. The van der Waals surface area contributed by atoms with Gasteiger partial charge in [0.2, 0.25) is 0 Å². The van der Waals surface area contributed by atoms with Gasteiger partial charge in [0.05, 0.1) is 0 Å². The Hall–Kier alpha value is 0.310. The molecule has 2 N–H and O–H groups in total. The van der Waals surface area contributed by atoms with Crippen molar-refractivity contribution >= 4 is 11.8 Å². The molecule has 0 heterocycles. The van der Waals surface area contributed by atoms with Gasteiger partial charge in [-0.25, -0.2) is 0 Å². The predicted octanol–water partition coefficient (Wildman–Crippen LogP) is 2.36. The Morgan fingerprint density at radius 2 is 1.91 bits per heavy atom. The lowest BCUT2D eigenvalue weighted by molar-refractivity contribution is 0.388. The number of hydrogen-bond acceptors (Lipinski definition) is 2. The molecule has 2 heteroatoms. The summed E-state index contributed by atoms with van der Waals surface area (Å²) in [5, 5.41) is 0. The van der Waals surface area contributed by atoms with Gasteiger partial charge < -0.3 is 5.73 Å². The average Bonchev–Trinajstić information content (AvgIpc) is 2.03. The summed E-state index contributed by atoms with van der Waals surface area (Å²) in [6.07, 6.45) is 1.32. The van der Waals surface area contributed by atoms with Gasteiger partial charge in [0, 0.05) is 0 Å². The first kappa shape index (κ1) is 11.3. The van der Waals surface area contributed by atoms with Crippen LogP contribution in [0, 0.1) is 11.8 Å². The van der Waals surface area contributed by atoms with Gasteiger partial charge in [-0.1, -0.05) is 20.8 Å². The summed E-state index contributed by atoms with van der Waals surface area (Å²) >= 11 is 2.02. The van der Waals surface area contributed by atoms with E-state index >= 15 is 0 Å². The topological polar surface area (TPSA) is 26.0 Å². The molecule has 68 valence electrons. The fourth-order valence-corrected chi connectivity index (χ4v) is 1.76. The van der Waals surface area contributed by atoms with Crippen molar-refractivity contribution in [2.45, 2.75) is 27.2 Å². The Balaban J connectivity index is 3.28. The van der Waals surface area contributed by atoms with Crippen LogP contribution in [0.25, 0.3) is 0 Å². The van der Waals surface area contributed by atoms with Gasteiger partial charge in [0.25, 0.3) is 0 Å². The van der Waals surface area contributed by atoms with Crippen LogP contribution in [-0.4, -0.2) is 18.1 Å². The molecule has 0 aliphatic heterocycles. The lowest BCUT2D eigenvalue weighted by Gasteiger charge is -2.17. The second-order valence-electron chi connectivity index (χ2n) is 3.18. The molecule has 0 aliphatic carbocycles. The molecule has 0 aliphatic rings. The Morgan fingerprint density at radius 3 is 2.36 bits per heavy atom. The fraction of sp³-hybridized carbons (Fsp3) is 1.00. The number of rotatable bonds is 6. The van der Waals surface area contributed by atoms with Crippen LogP contribution in [-0.2, 0) is 0 Å². The van der Waals surface area contributed by atoms with Gasteiger partial charge >= 0.3 is 0 Å². The van der Waals surface area contributed by atoms with E-state index in [4.69, 9.17) is 5.73 Å². The van der Waals surface area contributed by atoms with Crippen LogP contribution >= 0.6 is 11.8 Å². The third-order valence-corrected chi connectivity index (χ3v) is 3.20. The van der Waals surface area contributed by atoms with E-state index in [2.05, 4.69) is 20.8 Å². The predicted molar refractivity (Wildman–Crippen MR) is 55.0 cm³/mol. The Kier molecular flexibility index (Phi) is 7.18. The number of thioether (sulfide) groups is 1. The van der Waals surface area contributed by atoms with Crippen molar-refractivity contribution < 1.29 is 0 Å². The Bertz CT molecular complexity index is 85.6. The smallest absolute Gasteiger partial charge is 0.00490 e. The van der Waals surface area contributed by atoms with E-state index in [0.29, 0.717) is 5.92 Å². The maximum atomic E-state index is 5.57. The van der Waals surface area contributed by atoms with Crippen LogP contribution in [0.15, 0.2) is 0 Å². The van der Waals surface area contributed by atoms with Crippen molar-refractivity contribution in [2.75, 3.05) is 18.1 Å². The summed E-state index contributed by atoms with van der Waals surface area (Å²) in [5.41, 5.74) is 5.57. The van der Waals surface area contributed by atoms with Crippen molar-refractivity contribution in [3.8, 4) is 0 Å². The van der Waals surface area contributed by atoms with Gasteiger partial charge in [0.1, 0.15) is 0 Å². The molecule has 0 amide bonds. The molecule has 0 rings (SSSR count). The minimum absolute atomic E-state index is 0.687. The molecule has 0 saturated heterocycles. The summed E-state index contributed by atoms with van der Waals surface area (Å²) in [5.74, 6) is 4.01. The van der Waals surface area contributed by atoms with Crippen LogP contribution in [0.5, 0.6) is 0 Å². The average molecular weight is 175 g/mol. The van der Waals surface area contributed by atoms with E-state index in [9.17, 15) is 0 Å². The third kappa shape index (κ3) is 5.57. The summed E-state index contributed by atoms with van der Waals surface area (Å²) in [6, 6.07) is 0. The largest absolute Gasteiger partial charge is 0.330 e. The molecule has 2 atom stereocenters. The van der Waals surface area contributed by atoms with Crippen LogP contribution in [0.3, 0.4) is 0 Å². The zero-order valence-electron chi connectivity index (χ0n) is 7.97. The standard InChI is InChI=1S/C9H21NS/c1-4-11-6-5-8(2)9(3)7-10/h8-9H,4-7,10H2,1-3H3. The van der Waals surface area contributed by atoms with E-state index < -0.39 is 0 Å². The zero-order valence-corrected chi connectivity index (χ0v) is 8.79. The normalized spacial score (nSPS) is 16.4. The molecule has 0 bridgehead atoms. The molecule has 1 nitrogen and oxygen atoms in total. The Labute approximate surface area is 75.1 Å². The van der Waals surface area contributed by atoms with E-state index in [0.717, 1.165) is 12.5 Å². The van der Waals surface area contributed by atoms with E-state index in [1.54, 1.807) is 0 Å². The van der Waals surface area contributed by atoms with Gasteiger partial charge in [0.15, 0.2) is 0 Å².